The van der Waals surface area contributed by atoms with Gasteiger partial charge < -0.3 is 24.4 Å². The van der Waals surface area contributed by atoms with Crippen LogP contribution in [0.1, 0.15) is 63.5 Å². The SMILES string of the molecule is C=CCCCOC(=O)[C@@H]1[C@@H]2CCC3(O2)C(C(=O)N(CC=C)CCCCC)N([C@H](CO)c2ccccc2)C(=O)[C@H]13. The van der Waals surface area contributed by atoms with Crippen molar-refractivity contribution in [3.8, 4) is 0 Å². The summed E-state index contributed by atoms with van der Waals surface area (Å²) in [4.78, 5) is 45.3. The number of aliphatic hydroxyl groups excluding tert-OH is 1. The van der Waals surface area contributed by atoms with Gasteiger partial charge in [-0.25, -0.2) is 0 Å². The van der Waals surface area contributed by atoms with Gasteiger partial charge in [0.05, 0.1) is 37.2 Å². The van der Waals surface area contributed by atoms with Crippen LogP contribution in [-0.2, 0) is 23.9 Å². The van der Waals surface area contributed by atoms with Crippen molar-refractivity contribution in [3.63, 3.8) is 0 Å². The number of carbonyl (C=O) groups excluding carboxylic acids is 3. The van der Waals surface area contributed by atoms with Gasteiger partial charge in [0.15, 0.2) is 0 Å². The van der Waals surface area contributed by atoms with Crippen LogP contribution in [0.15, 0.2) is 55.6 Å². The van der Waals surface area contributed by atoms with E-state index < -0.39 is 41.6 Å². The number of benzene rings is 1. The Kier molecular flexibility index (Phi) is 9.62. The number of esters is 1. The smallest absolute Gasteiger partial charge is 0.312 e. The molecule has 39 heavy (non-hydrogen) atoms. The number of ether oxygens (including phenoxy) is 2. The Morgan fingerprint density at radius 3 is 2.67 bits per heavy atom. The molecule has 2 unspecified atom stereocenters. The standard InChI is InChI=1S/C31H42N2O6/c1-4-7-12-19-32(18-6-3)29(36)27-31-17-16-24(39-31)25(30(37)38-20-13-8-5-2)26(31)28(35)33(27)23(21-34)22-14-10-9-11-15-22/h5-6,9-11,14-15,23-27,34H,2-4,7-8,12-13,16-21H2,1H3/t23-,24+,25-,26+,27?,31?/m1/s1. The van der Waals surface area contributed by atoms with Crippen LogP contribution in [0.2, 0.25) is 0 Å². The van der Waals surface area contributed by atoms with Crippen LogP contribution in [0, 0.1) is 11.8 Å². The number of carbonyl (C=O) groups is 3. The van der Waals surface area contributed by atoms with E-state index in [1.807, 2.05) is 30.3 Å². The Morgan fingerprint density at radius 2 is 2.00 bits per heavy atom. The zero-order valence-electron chi connectivity index (χ0n) is 23.0. The number of aliphatic hydroxyl groups is 1. The van der Waals surface area contributed by atoms with Crippen molar-refractivity contribution in [1.82, 2.24) is 9.80 Å². The highest BCUT2D eigenvalue weighted by atomic mass is 16.6. The third-order valence-corrected chi connectivity index (χ3v) is 8.43. The molecule has 8 nitrogen and oxygen atoms in total. The average Bonchev–Trinajstić information content (AvgIpc) is 3.59. The molecule has 3 aliphatic heterocycles. The Bertz CT molecular complexity index is 1040. The van der Waals surface area contributed by atoms with Crippen LogP contribution >= 0.6 is 0 Å². The maximum absolute atomic E-state index is 14.4. The first kappa shape index (κ1) is 29.0. The van der Waals surface area contributed by atoms with Crippen LogP contribution in [0.4, 0.5) is 0 Å². The molecule has 1 N–H and O–H groups in total. The molecule has 6 atom stereocenters. The van der Waals surface area contributed by atoms with Gasteiger partial charge in [-0.15, -0.1) is 13.2 Å². The van der Waals surface area contributed by atoms with Gasteiger partial charge in [-0.3, -0.25) is 14.4 Å². The molecule has 3 fully saturated rings. The van der Waals surface area contributed by atoms with E-state index in [0.29, 0.717) is 32.4 Å². The Morgan fingerprint density at radius 1 is 1.23 bits per heavy atom. The molecule has 0 saturated carbocycles. The molecule has 3 saturated heterocycles. The summed E-state index contributed by atoms with van der Waals surface area (Å²) in [6.07, 6.45) is 8.25. The predicted octanol–water partition coefficient (Wildman–Crippen LogP) is 3.81. The number of rotatable bonds is 15. The molecular weight excluding hydrogens is 496 g/mol. The molecule has 0 radical (unpaired) electrons. The predicted molar refractivity (Wildman–Crippen MR) is 147 cm³/mol. The Hall–Kier alpha value is -2.97. The molecule has 2 amide bonds. The normalized spacial score (nSPS) is 27.7. The molecule has 1 aromatic rings. The monoisotopic (exact) mass is 538 g/mol. The van der Waals surface area contributed by atoms with Crippen LogP contribution in [0.5, 0.6) is 0 Å². The first-order valence-electron chi connectivity index (χ1n) is 14.3. The van der Waals surface area contributed by atoms with Crippen molar-refractivity contribution < 1.29 is 29.0 Å². The summed E-state index contributed by atoms with van der Waals surface area (Å²) in [5, 5.41) is 10.6. The van der Waals surface area contributed by atoms with Gasteiger partial charge in [-0.05, 0) is 37.7 Å². The quantitative estimate of drug-likeness (QED) is 0.207. The number of hydrogen-bond donors (Lipinski definition) is 1. The lowest BCUT2D eigenvalue weighted by Crippen LogP contribution is -2.57. The van der Waals surface area contributed by atoms with E-state index in [0.717, 1.165) is 31.2 Å². The lowest BCUT2D eigenvalue weighted by atomic mass is 9.70. The van der Waals surface area contributed by atoms with Gasteiger partial charge in [0.25, 0.3) is 0 Å². The van der Waals surface area contributed by atoms with E-state index in [4.69, 9.17) is 9.47 Å². The summed E-state index contributed by atoms with van der Waals surface area (Å²) in [6.45, 7) is 10.4. The van der Waals surface area contributed by atoms with Crippen LogP contribution < -0.4 is 0 Å². The van der Waals surface area contributed by atoms with E-state index in [-0.39, 0.29) is 25.0 Å². The van der Waals surface area contributed by atoms with Gasteiger partial charge in [-0.2, -0.15) is 0 Å². The maximum Gasteiger partial charge on any atom is 0.312 e. The summed E-state index contributed by atoms with van der Waals surface area (Å²) in [5.74, 6) is -2.63. The molecule has 3 aliphatic rings. The van der Waals surface area contributed by atoms with Crippen LogP contribution in [-0.4, -0.2) is 76.7 Å². The number of unbranched alkanes of at least 4 members (excludes halogenated alkanes) is 3. The molecule has 2 bridgehead atoms. The largest absolute Gasteiger partial charge is 0.465 e. The minimum absolute atomic E-state index is 0.225. The minimum Gasteiger partial charge on any atom is -0.465 e. The fourth-order valence-corrected chi connectivity index (χ4v) is 6.67. The zero-order chi connectivity index (χ0) is 28.0. The number of allylic oxidation sites excluding steroid dienone is 1. The van der Waals surface area contributed by atoms with Crippen LogP contribution in [0.25, 0.3) is 0 Å². The van der Waals surface area contributed by atoms with E-state index in [1.165, 1.54) is 4.90 Å². The second kappa shape index (κ2) is 12.9. The van der Waals surface area contributed by atoms with Crippen molar-refractivity contribution in [2.75, 3.05) is 26.3 Å². The molecule has 1 spiro atoms. The highest BCUT2D eigenvalue weighted by molar-refractivity contribution is 5.98. The van der Waals surface area contributed by atoms with E-state index in [2.05, 4.69) is 20.1 Å². The van der Waals surface area contributed by atoms with Crippen molar-refractivity contribution in [1.29, 1.82) is 0 Å². The van der Waals surface area contributed by atoms with Gasteiger partial charge in [0.1, 0.15) is 11.6 Å². The number of amides is 2. The molecular formula is C31H42N2O6. The molecule has 3 heterocycles. The molecule has 4 rings (SSSR count). The molecule has 1 aromatic carbocycles. The fraction of sp³-hybridized carbons (Fsp3) is 0.581. The van der Waals surface area contributed by atoms with Gasteiger partial charge in [0.2, 0.25) is 11.8 Å². The highest BCUT2D eigenvalue weighted by Crippen LogP contribution is 2.60. The van der Waals surface area contributed by atoms with Crippen molar-refractivity contribution in [3.05, 3.63) is 61.2 Å². The summed E-state index contributed by atoms with van der Waals surface area (Å²) in [7, 11) is 0. The number of fused-ring (bicyclic) bond motifs is 1. The molecule has 0 aliphatic carbocycles. The first-order chi connectivity index (χ1) is 18.9. The van der Waals surface area contributed by atoms with E-state index >= 15 is 0 Å². The highest BCUT2D eigenvalue weighted by Gasteiger charge is 2.75. The van der Waals surface area contributed by atoms with Crippen LogP contribution in [0.3, 0.4) is 0 Å². The van der Waals surface area contributed by atoms with Crippen molar-refractivity contribution in [2.45, 2.75) is 75.7 Å². The topological polar surface area (TPSA) is 96.4 Å². The van der Waals surface area contributed by atoms with E-state index in [9.17, 15) is 19.5 Å². The van der Waals surface area contributed by atoms with Crippen molar-refractivity contribution in [2.24, 2.45) is 11.8 Å². The molecule has 212 valence electrons. The minimum atomic E-state index is -1.14. The number of hydrogen-bond acceptors (Lipinski definition) is 6. The van der Waals surface area contributed by atoms with Gasteiger partial charge in [-0.1, -0.05) is 62.2 Å². The summed E-state index contributed by atoms with van der Waals surface area (Å²) >= 11 is 0. The third-order valence-electron chi connectivity index (χ3n) is 8.43. The molecule has 8 heteroatoms. The number of likely N-dealkylation sites (tertiary alicyclic amines) is 1. The first-order valence-corrected chi connectivity index (χ1v) is 14.3. The van der Waals surface area contributed by atoms with Gasteiger partial charge in [0, 0.05) is 13.1 Å². The maximum atomic E-state index is 14.4. The second-order valence-corrected chi connectivity index (χ2v) is 10.8. The second-order valence-electron chi connectivity index (χ2n) is 10.8. The van der Waals surface area contributed by atoms with Crippen molar-refractivity contribution >= 4 is 17.8 Å². The Labute approximate surface area is 231 Å². The fourth-order valence-electron chi connectivity index (χ4n) is 6.67. The number of nitrogens with zero attached hydrogens (tertiary/aromatic N) is 2. The molecule has 0 aromatic heterocycles. The summed E-state index contributed by atoms with van der Waals surface area (Å²) < 4.78 is 12.1. The van der Waals surface area contributed by atoms with E-state index in [1.54, 1.807) is 17.1 Å². The Balaban J connectivity index is 1.73. The van der Waals surface area contributed by atoms with Gasteiger partial charge >= 0.3 is 5.97 Å². The lowest BCUT2D eigenvalue weighted by molar-refractivity contribution is -0.156. The summed E-state index contributed by atoms with van der Waals surface area (Å²) in [6, 6.07) is 7.52. The third kappa shape index (κ3) is 5.41. The summed E-state index contributed by atoms with van der Waals surface area (Å²) in [5.41, 5.74) is -0.419. The zero-order valence-corrected chi connectivity index (χ0v) is 23.0. The average molecular weight is 539 g/mol. The lowest BCUT2D eigenvalue weighted by Gasteiger charge is -2.39.